The molecule has 1 N–H and O–H groups in total. The van der Waals surface area contributed by atoms with Crippen molar-refractivity contribution in [3.05, 3.63) is 28.7 Å². The van der Waals surface area contributed by atoms with E-state index in [2.05, 4.69) is 34.4 Å². The van der Waals surface area contributed by atoms with Gasteiger partial charge in [-0.05, 0) is 20.3 Å². The summed E-state index contributed by atoms with van der Waals surface area (Å²) in [6, 6.07) is 0.257. The first-order valence-corrected chi connectivity index (χ1v) is 6.55. The number of nitrogens with zero attached hydrogens (tertiary/aromatic N) is 4. The number of nitrogens with one attached hydrogen (secondary N) is 1. The van der Waals surface area contributed by atoms with Crippen LogP contribution >= 0.6 is 0 Å². The zero-order valence-electron chi connectivity index (χ0n) is 12.2. The average Bonchev–Trinajstić information content (AvgIpc) is 2.88. The Bertz CT molecular complexity index is 557. The van der Waals surface area contributed by atoms with Crippen LogP contribution in [0.2, 0.25) is 0 Å². The van der Waals surface area contributed by atoms with Gasteiger partial charge in [0.25, 0.3) is 0 Å². The predicted octanol–water partition coefficient (Wildman–Crippen LogP) is 1.97. The van der Waals surface area contributed by atoms with Gasteiger partial charge in [0.2, 0.25) is 5.89 Å². The minimum atomic E-state index is 0.257. The predicted molar refractivity (Wildman–Crippen MR) is 71.6 cm³/mol. The largest absolute Gasteiger partial charge is 0.340 e. The molecule has 19 heavy (non-hydrogen) atoms. The second-order valence-electron chi connectivity index (χ2n) is 4.78. The molecule has 0 spiro atoms. The second-order valence-corrected chi connectivity index (χ2v) is 4.78. The Balaban J connectivity index is 2.12. The van der Waals surface area contributed by atoms with E-state index in [-0.39, 0.29) is 6.04 Å². The molecule has 0 aliphatic carbocycles. The maximum atomic E-state index is 4.97. The highest BCUT2D eigenvalue weighted by Crippen LogP contribution is 2.23. The lowest BCUT2D eigenvalue weighted by Gasteiger charge is -2.16. The zero-order valence-corrected chi connectivity index (χ0v) is 12.2. The highest BCUT2D eigenvalue weighted by atomic mass is 16.5. The van der Waals surface area contributed by atoms with Crippen molar-refractivity contribution in [2.75, 3.05) is 0 Å². The van der Waals surface area contributed by atoms with Gasteiger partial charge in [-0.2, -0.15) is 10.1 Å². The summed E-state index contributed by atoms with van der Waals surface area (Å²) in [5.41, 5.74) is 3.54. The topological polar surface area (TPSA) is 68.8 Å². The Morgan fingerprint density at radius 1 is 1.32 bits per heavy atom. The number of aromatic nitrogens is 4. The van der Waals surface area contributed by atoms with Crippen molar-refractivity contribution in [1.82, 2.24) is 25.2 Å². The van der Waals surface area contributed by atoms with Crippen LogP contribution in [-0.4, -0.2) is 19.9 Å². The third-order valence-electron chi connectivity index (χ3n) is 3.40. The minimum absolute atomic E-state index is 0.257. The smallest absolute Gasteiger partial charge is 0.223 e. The highest BCUT2D eigenvalue weighted by molar-refractivity contribution is 5.28. The standard InChI is InChI=1S/C13H21N5O/c1-6-11(13-8(2)16-18(5)9(13)3)14-7-12-15-10(4)19-17-12/h11,14H,6-7H2,1-5H3. The molecule has 1 unspecified atom stereocenters. The lowest BCUT2D eigenvalue weighted by molar-refractivity contribution is 0.382. The summed E-state index contributed by atoms with van der Waals surface area (Å²) in [6.45, 7) is 8.70. The van der Waals surface area contributed by atoms with E-state index in [1.165, 1.54) is 11.3 Å². The maximum absolute atomic E-state index is 4.97. The molecule has 0 saturated heterocycles. The maximum Gasteiger partial charge on any atom is 0.223 e. The van der Waals surface area contributed by atoms with E-state index in [4.69, 9.17) is 4.52 Å². The van der Waals surface area contributed by atoms with Crippen LogP contribution in [0.4, 0.5) is 0 Å². The number of hydrogen-bond donors (Lipinski definition) is 1. The summed E-state index contributed by atoms with van der Waals surface area (Å²) in [5, 5.41) is 11.8. The summed E-state index contributed by atoms with van der Waals surface area (Å²) in [6.07, 6.45) is 0.990. The zero-order chi connectivity index (χ0) is 14.0. The van der Waals surface area contributed by atoms with Gasteiger partial charge in [-0.25, -0.2) is 0 Å². The molecule has 2 aromatic rings. The quantitative estimate of drug-likeness (QED) is 0.893. The van der Waals surface area contributed by atoms with Crippen LogP contribution in [-0.2, 0) is 13.6 Å². The van der Waals surface area contributed by atoms with Crippen LogP contribution in [0.5, 0.6) is 0 Å². The molecule has 1 atom stereocenters. The third-order valence-corrected chi connectivity index (χ3v) is 3.40. The Morgan fingerprint density at radius 3 is 2.53 bits per heavy atom. The van der Waals surface area contributed by atoms with E-state index in [0.29, 0.717) is 18.3 Å². The van der Waals surface area contributed by atoms with Gasteiger partial charge in [0.05, 0.1) is 12.2 Å². The molecule has 6 nitrogen and oxygen atoms in total. The fourth-order valence-electron chi connectivity index (χ4n) is 2.37. The summed E-state index contributed by atoms with van der Waals surface area (Å²) < 4.78 is 6.89. The summed E-state index contributed by atoms with van der Waals surface area (Å²) in [4.78, 5) is 4.20. The van der Waals surface area contributed by atoms with E-state index < -0.39 is 0 Å². The van der Waals surface area contributed by atoms with E-state index in [1.807, 2.05) is 18.7 Å². The normalized spacial score (nSPS) is 12.9. The van der Waals surface area contributed by atoms with Gasteiger partial charge < -0.3 is 9.84 Å². The van der Waals surface area contributed by atoms with E-state index in [1.54, 1.807) is 6.92 Å². The molecule has 2 rings (SSSR count). The summed E-state index contributed by atoms with van der Waals surface area (Å²) in [5.74, 6) is 1.29. The summed E-state index contributed by atoms with van der Waals surface area (Å²) >= 11 is 0. The minimum Gasteiger partial charge on any atom is -0.340 e. The molecule has 2 heterocycles. The molecule has 104 valence electrons. The van der Waals surface area contributed by atoms with Gasteiger partial charge in [0.15, 0.2) is 5.82 Å². The molecule has 0 bridgehead atoms. The fourth-order valence-corrected chi connectivity index (χ4v) is 2.37. The number of aryl methyl sites for hydroxylation is 3. The second kappa shape index (κ2) is 5.52. The molecule has 0 amide bonds. The van der Waals surface area contributed by atoms with Crippen molar-refractivity contribution >= 4 is 0 Å². The average molecular weight is 263 g/mol. The Labute approximate surface area is 113 Å². The molecule has 0 aliphatic heterocycles. The number of hydrogen-bond acceptors (Lipinski definition) is 5. The van der Waals surface area contributed by atoms with Crippen molar-refractivity contribution in [2.24, 2.45) is 7.05 Å². The summed E-state index contributed by atoms with van der Waals surface area (Å²) in [7, 11) is 1.97. The van der Waals surface area contributed by atoms with Crippen LogP contribution in [0.15, 0.2) is 4.52 Å². The van der Waals surface area contributed by atoms with E-state index in [0.717, 1.165) is 12.1 Å². The van der Waals surface area contributed by atoms with E-state index >= 15 is 0 Å². The Hall–Kier alpha value is -1.69. The van der Waals surface area contributed by atoms with Crippen LogP contribution in [0.3, 0.4) is 0 Å². The fraction of sp³-hybridized carbons (Fsp3) is 0.615. The van der Waals surface area contributed by atoms with E-state index in [9.17, 15) is 0 Å². The van der Waals surface area contributed by atoms with Crippen molar-refractivity contribution in [2.45, 2.75) is 46.7 Å². The van der Waals surface area contributed by atoms with Gasteiger partial charge in [0.1, 0.15) is 0 Å². The Kier molecular flexibility index (Phi) is 3.99. The molecule has 0 radical (unpaired) electrons. The van der Waals surface area contributed by atoms with Crippen LogP contribution in [0.1, 0.15) is 48.1 Å². The van der Waals surface area contributed by atoms with Crippen molar-refractivity contribution in [3.63, 3.8) is 0 Å². The molecular formula is C13H21N5O. The first-order valence-electron chi connectivity index (χ1n) is 6.55. The monoisotopic (exact) mass is 263 g/mol. The lowest BCUT2D eigenvalue weighted by Crippen LogP contribution is -2.22. The van der Waals surface area contributed by atoms with Crippen LogP contribution in [0, 0.1) is 20.8 Å². The molecule has 6 heteroatoms. The van der Waals surface area contributed by atoms with Gasteiger partial charge in [-0.15, -0.1) is 0 Å². The van der Waals surface area contributed by atoms with Crippen molar-refractivity contribution in [1.29, 1.82) is 0 Å². The van der Waals surface area contributed by atoms with Gasteiger partial charge in [-0.3, -0.25) is 4.68 Å². The van der Waals surface area contributed by atoms with Gasteiger partial charge >= 0.3 is 0 Å². The first-order chi connectivity index (χ1) is 9.02. The lowest BCUT2D eigenvalue weighted by atomic mass is 10.0. The molecular weight excluding hydrogens is 242 g/mol. The molecule has 0 aliphatic rings. The highest BCUT2D eigenvalue weighted by Gasteiger charge is 2.18. The molecule has 2 aromatic heterocycles. The third kappa shape index (κ3) is 2.84. The first kappa shape index (κ1) is 13.7. The molecule has 0 fully saturated rings. The SMILES string of the molecule is CCC(NCc1noc(C)n1)c1c(C)nn(C)c1C. The number of rotatable bonds is 5. The molecule has 0 saturated carbocycles. The van der Waals surface area contributed by atoms with Crippen molar-refractivity contribution < 1.29 is 4.52 Å². The molecule has 0 aromatic carbocycles. The van der Waals surface area contributed by atoms with Crippen molar-refractivity contribution in [3.8, 4) is 0 Å². The van der Waals surface area contributed by atoms with Crippen LogP contribution in [0.25, 0.3) is 0 Å². The van der Waals surface area contributed by atoms with Gasteiger partial charge in [-0.1, -0.05) is 12.1 Å². The van der Waals surface area contributed by atoms with Gasteiger partial charge in [0, 0.05) is 31.3 Å². The van der Waals surface area contributed by atoms with Crippen LogP contribution < -0.4 is 5.32 Å². The Morgan fingerprint density at radius 2 is 2.05 bits per heavy atom.